The lowest BCUT2D eigenvalue weighted by Gasteiger charge is -2.22. The van der Waals surface area contributed by atoms with E-state index in [1.54, 1.807) is 36.1 Å². The van der Waals surface area contributed by atoms with Gasteiger partial charge in [-0.3, -0.25) is 14.4 Å². The third-order valence-electron chi connectivity index (χ3n) is 3.76. The molecule has 5 nitrogen and oxygen atoms in total. The molecule has 0 heterocycles. The topological polar surface area (TPSA) is 63.7 Å². The van der Waals surface area contributed by atoms with E-state index in [4.69, 9.17) is 16.3 Å². The van der Waals surface area contributed by atoms with Crippen molar-refractivity contribution in [3.63, 3.8) is 0 Å². The van der Waals surface area contributed by atoms with Crippen molar-refractivity contribution in [1.82, 2.24) is 4.90 Å². The first kappa shape index (κ1) is 21.2. The van der Waals surface area contributed by atoms with Gasteiger partial charge in [0.2, 0.25) is 5.91 Å². The van der Waals surface area contributed by atoms with Crippen molar-refractivity contribution in [2.75, 3.05) is 19.7 Å². The lowest BCUT2D eigenvalue weighted by molar-refractivity contribution is -0.144. The van der Waals surface area contributed by atoms with Gasteiger partial charge < -0.3 is 9.64 Å². The zero-order chi connectivity index (χ0) is 18.7. The van der Waals surface area contributed by atoms with Crippen LogP contribution in [-0.4, -0.2) is 42.3 Å². The number of carbonyl (C=O) groups is 3. The highest BCUT2D eigenvalue weighted by Gasteiger charge is 2.17. The molecule has 1 aromatic rings. The number of hydrogen-bond acceptors (Lipinski definition) is 4. The van der Waals surface area contributed by atoms with Gasteiger partial charge in [-0.1, -0.05) is 24.9 Å². The first-order valence-electron chi connectivity index (χ1n) is 8.70. The zero-order valence-electron chi connectivity index (χ0n) is 14.9. The van der Waals surface area contributed by atoms with E-state index >= 15 is 0 Å². The van der Waals surface area contributed by atoms with E-state index in [1.807, 2.05) is 6.92 Å². The molecule has 6 heteroatoms. The van der Waals surface area contributed by atoms with Crippen LogP contribution in [0.4, 0.5) is 0 Å². The second-order valence-electron chi connectivity index (χ2n) is 5.72. The molecule has 25 heavy (non-hydrogen) atoms. The minimum Gasteiger partial charge on any atom is -0.466 e. The summed E-state index contributed by atoms with van der Waals surface area (Å²) in [5.41, 5.74) is 0.545. The van der Waals surface area contributed by atoms with Gasteiger partial charge in [-0.05, 0) is 37.6 Å². The van der Waals surface area contributed by atoms with Crippen LogP contribution in [0, 0.1) is 0 Å². The predicted octanol–water partition coefficient (Wildman–Crippen LogP) is 3.88. The monoisotopic (exact) mass is 367 g/mol. The molecule has 1 amide bonds. The lowest BCUT2D eigenvalue weighted by atomic mass is 10.1. The maximum Gasteiger partial charge on any atom is 0.307 e. The molecule has 1 aromatic carbocycles. The number of rotatable bonds is 11. The van der Waals surface area contributed by atoms with Crippen LogP contribution in [0.1, 0.15) is 56.3 Å². The lowest BCUT2D eigenvalue weighted by Crippen LogP contribution is -2.34. The normalized spacial score (nSPS) is 10.4. The molecule has 0 N–H and O–H groups in total. The molecule has 0 aromatic heterocycles. The highest BCUT2D eigenvalue weighted by Crippen LogP contribution is 2.13. The highest BCUT2D eigenvalue weighted by atomic mass is 35.5. The maximum atomic E-state index is 12.4. The number of halogens is 1. The van der Waals surface area contributed by atoms with Crippen molar-refractivity contribution in [3.8, 4) is 0 Å². The van der Waals surface area contributed by atoms with Crippen LogP contribution in [0.2, 0.25) is 5.02 Å². The van der Waals surface area contributed by atoms with Gasteiger partial charge in [-0.15, -0.1) is 0 Å². The molecule has 0 atom stereocenters. The number of benzene rings is 1. The van der Waals surface area contributed by atoms with Crippen molar-refractivity contribution in [1.29, 1.82) is 0 Å². The van der Waals surface area contributed by atoms with Gasteiger partial charge in [-0.25, -0.2) is 0 Å². The number of ketones is 1. The quantitative estimate of drug-likeness (QED) is 0.439. The van der Waals surface area contributed by atoms with Crippen molar-refractivity contribution in [2.24, 2.45) is 0 Å². The average Bonchev–Trinajstić information content (AvgIpc) is 2.60. The number of Topliss-reactive ketones (excluding diaryl/α,β-unsaturated/α-hetero) is 1. The molecule has 0 bridgehead atoms. The van der Waals surface area contributed by atoms with Crippen LogP contribution in [0.15, 0.2) is 24.3 Å². The van der Waals surface area contributed by atoms with Crippen molar-refractivity contribution in [3.05, 3.63) is 34.9 Å². The molecule has 0 fully saturated rings. The molecule has 0 spiro atoms. The zero-order valence-corrected chi connectivity index (χ0v) is 15.7. The van der Waals surface area contributed by atoms with E-state index < -0.39 is 0 Å². The van der Waals surface area contributed by atoms with Gasteiger partial charge in [0.25, 0.3) is 0 Å². The molecule has 1 rings (SSSR count). The van der Waals surface area contributed by atoms with Crippen LogP contribution in [0.25, 0.3) is 0 Å². The number of amides is 1. The van der Waals surface area contributed by atoms with Gasteiger partial charge in [0.1, 0.15) is 0 Å². The summed E-state index contributed by atoms with van der Waals surface area (Å²) in [7, 11) is 0. The van der Waals surface area contributed by atoms with Gasteiger partial charge in [0.05, 0.1) is 13.0 Å². The Hall–Kier alpha value is -1.88. The van der Waals surface area contributed by atoms with Gasteiger partial charge in [0, 0.05) is 36.5 Å². The Labute approximate surface area is 154 Å². The molecule has 0 aliphatic carbocycles. The Bertz CT molecular complexity index is 571. The Morgan fingerprint density at radius 3 is 2.28 bits per heavy atom. The third kappa shape index (κ3) is 8.16. The number of hydrogen-bond donors (Lipinski definition) is 0. The number of carbonyl (C=O) groups excluding carboxylic acids is 3. The summed E-state index contributed by atoms with van der Waals surface area (Å²) in [4.78, 5) is 37.7. The minimum atomic E-state index is -0.311. The average molecular weight is 368 g/mol. The van der Waals surface area contributed by atoms with E-state index in [0.717, 1.165) is 12.8 Å². The first-order valence-corrected chi connectivity index (χ1v) is 9.07. The number of ether oxygens (including phenoxy) is 1. The fourth-order valence-electron chi connectivity index (χ4n) is 2.33. The minimum absolute atomic E-state index is 0.0918. The summed E-state index contributed by atoms with van der Waals surface area (Å²) >= 11 is 5.81. The Balaban J connectivity index is 2.53. The van der Waals surface area contributed by atoms with Crippen LogP contribution in [0.3, 0.4) is 0 Å². The van der Waals surface area contributed by atoms with E-state index in [1.165, 1.54) is 0 Å². The smallest absolute Gasteiger partial charge is 0.307 e. The summed E-state index contributed by atoms with van der Waals surface area (Å²) < 4.78 is 4.90. The van der Waals surface area contributed by atoms with E-state index in [9.17, 15) is 14.4 Å². The van der Waals surface area contributed by atoms with Crippen molar-refractivity contribution < 1.29 is 19.1 Å². The van der Waals surface area contributed by atoms with Crippen LogP contribution < -0.4 is 0 Å². The molecule has 0 saturated carbocycles. The van der Waals surface area contributed by atoms with Gasteiger partial charge in [0.15, 0.2) is 5.78 Å². The maximum absolute atomic E-state index is 12.4. The summed E-state index contributed by atoms with van der Waals surface area (Å²) in [6, 6.07) is 6.63. The van der Waals surface area contributed by atoms with Crippen molar-refractivity contribution in [2.45, 2.75) is 46.0 Å². The Morgan fingerprint density at radius 2 is 1.68 bits per heavy atom. The van der Waals surface area contributed by atoms with E-state index in [0.29, 0.717) is 30.3 Å². The first-order chi connectivity index (χ1) is 12.0. The predicted molar refractivity (Wildman–Crippen MR) is 97.8 cm³/mol. The van der Waals surface area contributed by atoms with Crippen LogP contribution in [-0.2, 0) is 14.3 Å². The Morgan fingerprint density at radius 1 is 1.00 bits per heavy atom. The number of unbranched alkanes of at least 4 members (excludes halogenated alkanes) is 1. The summed E-state index contributed by atoms with van der Waals surface area (Å²) in [6.07, 6.45) is 2.26. The van der Waals surface area contributed by atoms with Crippen LogP contribution >= 0.6 is 11.6 Å². The van der Waals surface area contributed by atoms with Gasteiger partial charge >= 0.3 is 5.97 Å². The van der Waals surface area contributed by atoms with E-state index in [-0.39, 0.29) is 36.9 Å². The molecular formula is C19H26ClNO4. The summed E-state index contributed by atoms with van der Waals surface area (Å²) in [5.74, 6) is -0.514. The van der Waals surface area contributed by atoms with E-state index in [2.05, 4.69) is 0 Å². The molecule has 0 saturated heterocycles. The largest absolute Gasteiger partial charge is 0.466 e. The van der Waals surface area contributed by atoms with Crippen LogP contribution in [0.5, 0.6) is 0 Å². The SMILES string of the molecule is CCCCN(CCC(=O)OCC)C(=O)CCC(=O)c1ccc(Cl)cc1. The second kappa shape index (κ2) is 11.6. The fourth-order valence-corrected chi connectivity index (χ4v) is 2.45. The third-order valence-corrected chi connectivity index (χ3v) is 4.01. The number of nitrogens with zero attached hydrogens (tertiary/aromatic N) is 1. The molecule has 0 aliphatic heterocycles. The fraction of sp³-hybridized carbons (Fsp3) is 0.526. The van der Waals surface area contributed by atoms with Gasteiger partial charge in [-0.2, -0.15) is 0 Å². The Kier molecular flexibility index (Phi) is 9.85. The molecule has 0 unspecified atom stereocenters. The highest BCUT2D eigenvalue weighted by molar-refractivity contribution is 6.30. The second-order valence-corrected chi connectivity index (χ2v) is 6.16. The number of esters is 1. The summed E-state index contributed by atoms with van der Waals surface area (Å²) in [5, 5.41) is 0.567. The molecule has 138 valence electrons. The summed E-state index contributed by atoms with van der Waals surface area (Å²) in [6.45, 7) is 5.03. The molecular weight excluding hydrogens is 342 g/mol. The standard InChI is InChI=1S/C19H26ClNO4/c1-3-5-13-21(14-12-19(24)25-4-2)18(23)11-10-17(22)15-6-8-16(20)9-7-15/h6-9H,3-5,10-14H2,1-2H3. The molecule has 0 aliphatic rings. The van der Waals surface area contributed by atoms with Crippen molar-refractivity contribution >= 4 is 29.3 Å². The molecule has 0 radical (unpaired) electrons.